The second-order valence-corrected chi connectivity index (χ2v) is 4.18. The van der Waals surface area contributed by atoms with Gasteiger partial charge in [0.25, 0.3) is 0 Å². The van der Waals surface area contributed by atoms with Crippen LogP contribution in [0, 0.1) is 0 Å². The number of nitrogens with zero attached hydrogens (tertiary/aromatic N) is 1. The van der Waals surface area contributed by atoms with Gasteiger partial charge in [0.15, 0.2) is 0 Å². The minimum Gasteiger partial charge on any atom is -0.480 e. The van der Waals surface area contributed by atoms with Crippen LogP contribution in [0.1, 0.15) is 27.7 Å². The highest BCUT2D eigenvalue weighted by atomic mass is 16.5. The molecule has 0 rings (SSSR count). The largest absolute Gasteiger partial charge is 0.480 e. The molecule has 0 fully saturated rings. The highest BCUT2D eigenvalue weighted by Gasteiger charge is 2.27. The maximum absolute atomic E-state index is 11.6. The lowest BCUT2D eigenvalue weighted by molar-refractivity contribution is -0.150. The smallest absolute Gasteiger partial charge is 0.323 e. The van der Waals surface area contributed by atoms with Crippen LogP contribution in [0.4, 0.5) is 0 Å². The van der Waals surface area contributed by atoms with Gasteiger partial charge in [0.1, 0.15) is 13.2 Å². The number of rotatable bonds is 5. The van der Waals surface area contributed by atoms with Crippen molar-refractivity contribution in [3.05, 3.63) is 0 Å². The Labute approximate surface area is 90.0 Å². The van der Waals surface area contributed by atoms with Crippen LogP contribution >= 0.6 is 0 Å². The molecular formula is C10H19NO4. The molecule has 0 aliphatic rings. The van der Waals surface area contributed by atoms with Gasteiger partial charge in [0.05, 0.1) is 0 Å². The molecule has 0 aliphatic heterocycles. The number of carboxylic acids is 1. The van der Waals surface area contributed by atoms with Crippen molar-refractivity contribution in [1.29, 1.82) is 0 Å². The lowest BCUT2D eigenvalue weighted by Gasteiger charge is -2.34. The van der Waals surface area contributed by atoms with Gasteiger partial charge >= 0.3 is 5.97 Å². The maximum Gasteiger partial charge on any atom is 0.323 e. The Morgan fingerprint density at radius 2 is 1.87 bits per heavy atom. The predicted molar refractivity (Wildman–Crippen MR) is 55.6 cm³/mol. The van der Waals surface area contributed by atoms with E-state index in [-0.39, 0.29) is 19.1 Å². The SMILES string of the molecule is CCOCC(=O)N(CC(=O)O)C(C)(C)C. The Morgan fingerprint density at radius 1 is 1.33 bits per heavy atom. The highest BCUT2D eigenvalue weighted by molar-refractivity contribution is 5.82. The van der Waals surface area contributed by atoms with E-state index in [1.807, 2.05) is 0 Å². The Morgan fingerprint density at radius 3 is 2.20 bits per heavy atom. The van der Waals surface area contributed by atoms with Crippen molar-refractivity contribution in [3.63, 3.8) is 0 Å². The molecule has 15 heavy (non-hydrogen) atoms. The Balaban J connectivity index is 4.49. The number of carboxylic acid groups (broad SMARTS) is 1. The molecule has 1 amide bonds. The summed E-state index contributed by atoms with van der Waals surface area (Å²) < 4.78 is 4.97. The first-order valence-electron chi connectivity index (χ1n) is 4.89. The van der Waals surface area contributed by atoms with E-state index >= 15 is 0 Å². The molecule has 0 aliphatic carbocycles. The van der Waals surface area contributed by atoms with Crippen molar-refractivity contribution in [2.45, 2.75) is 33.2 Å². The van der Waals surface area contributed by atoms with E-state index in [1.54, 1.807) is 27.7 Å². The average Bonchev–Trinajstić information content (AvgIpc) is 2.08. The van der Waals surface area contributed by atoms with Crippen molar-refractivity contribution in [3.8, 4) is 0 Å². The normalized spacial score (nSPS) is 11.2. The van der Waals surface area contributed by atoms with Crippen LogP contribution in [0.3, 0.4) is 0 Å². The quantitative estimate of drug-likeness (QED) is 0.737. The summed E-state index contributed by atoms with van der Waals surface area (Å²) in [6, 6.07) is 0. The van der Waals surface area contributed by atoms with E-state index in [0.29, 0.717) is 6.61 Å². The minimum absolute atomic E-state index is 0.0684. The van der Waals surface area contributed by atoms with Gasteiger partial charge in [0.2, 0.25) is 5.91 Å². The molecule has 0 aromatic carbocycles. The van der Waals surface area contributed by atoms with Gasteiger partial charge in [-0.3, -0.25) is 9.59 Å². The summed E-state index contributed by atoms with van der Waals surface area (Å²) in [6.45, 7) is 7.23. The van der Waals surface area contributed by atoms with E-state index in [2.05, 4.69) is 0 Å². The third-order valence-electron chi connectivity index (χ3n) is 1.83. The molecule has 0 heterocycles. The molecule has 0 spiro atoms. The summed E-state index contributed by atoms with van der Waals surface area (Å²) in [5.74, 6) is -1.32. The van der Waals surface area contributed by atoms with Gasteiger partial charge in [-0.15, -0.1) is 0 Å². The van der Waals surface area contributed by atoms with Gasteiger partial charge in [-0.1, -0.05) is 0 Å². The molecule has 1 N–H and O–H groups in total. The molecule has 0 aromatic rings. The van der Waals surface area contributed by atoms with E-state index in [9.17, 15) is 9.59 Å². The second-order valence-electron chi connectivity index (χ2n) is 4.18. The Bertz CT molecular complexity index is 232. The Hall–Kier alpha value is -1.10. The van der Waals surface area contributed by atoms with E-state index in [4.69, 9.17) is 9.84 Å². The van der Waals surface area contributed by atoms with E-state index in [0.717, 1.165) is 0 Å². The second kappa shape index (κ2) is 5.70. The molecule has 0 unspecified atom stereocenters. The first-order valence-corrected chi connectivity index (χ1v) is 4.89. The molecule has 0 radical (unpaired) electrons. The van der Waals surface area contributed by atoms with Crippen molar-refractivity contribution in [1.82, 2.24) is 4.90 Å². The van der Waals surface area contributed by atoms with Gasteiger partial charge in [0, 0.05) is 12.1 Å². The summed E-state index contributed by atoms with van der Waals surface area (Å²) in [5.41, 5.74) is -0.507. The number of amides is 1. The monoisotopic (exact) mass is 217 g/mol. The maximum atomic E-state index is 11.6. The average molecular weight is 217 g/mol. The van der Waals surface area contributed by atoms with Crippen LogP contribution in [0.5, 0.6) is 0 Å². The molecule has 0 saturated heterocycles. The van der Waals surface area contributed by atoms with Gasteiger partial charge in [-0.2, -0.15) is 0 Å². The van der Waals surface area contributed by atoms with Crippen molar-refractivity contribution < 1.29 is 19.4 Å². The Kier molecular flexibility index (Phi) is 5.28. The molecule has 0 bridgehead atoms. The zero-order valence-electron chi connectivity index (χ0n) is 9.74. The van der Waals surface area contributed by atoms with Crippen LogP contribution in [0.25, 0.3) is 0 Å². The fourth-order valence-corrected chi connectivity index (χ4v) is 1.10. The molecule has 5 heteroatoms. The first kappa shape index (κ1) is 13.9. The lowest BCUT2D eigenvalue weighted by Crippen LogP contribution is -2.49. The van der Waals surface area contributed by atoms with Gasteiger partial charge in [-0.25, -0.2) is 0 Å². The summed E-state index contributed by atoms with van der Waals surface area (Å²) in [6.07, 6.45) is 0. The van der Waals surface area contributed by atoms with E-state index < -0.39 is 11.5 Å². The lowest BCUT2D eigenvalue weighted by atomic mass is 10.1. The third kappa shape index (κ3) is 5.37. The topological polar surface area (TPSA) is 66.8 Å². The third-order valence-corrected chi connectivity index (χ3v) is 1.83. The summed E-state index contributed by atoms with van der Waals surface area (Å²) in [5, 5.41) is 8.69. The highest BCUT2D eigenvalue weighted by Crippen LogP contribution is 2.13. The standard InChI is InChI=1S/C10H19NO4/c1-5-15-7-8(12)11(6-9(13)14)10(2,3)4/h5-7H2,1-4H3,(H,13,14). The predicted octanol–water partition coefficient (Wildman–Crippen LogP) is 0.735. The number of hydrogen-bond acceptors (Lipinski definition) is 3. The fraction of sp³-hybridized carbons (Fsp3) is 0.800. The summed E-state index contributed by atoms with van der Waals surface area (Å²) in [4.78, 5) is 23.5. The molecule has 0 aromatic heterocycles. The van der Waals surface area contributed by atoms with Crippen LogP contribution in [0.15, 0.2) is 0 Å². The zero-order chi connectivity index (χ0) is 12.1. The number of carbonyl (C=O) groups excluding carboxylic acids is 1. The van der Waals surface area contributed by atoms with Crippen molar-refractivity contribution >= 4 is 11.9 Å². The van der Waals surface area contributed by atoms with Crippen molar-refractivity contribution in [2.75, 3.05) is 19.8 Å². The first-order chi connectivity index (χ1) is 6.79. The number of hydrogen-bond donors (Lipinski definition) is 1. The summed E-state index contributed by atoms with van der Waals surface area (Å²) in [7, 11) is 0. The van der Waals surface area contributed by atoms with Crippen LogP contribution in [0.2, 0.25) is 0 Å². The molecule has 5 nitrogen and oxygen atoms in total. The van der Waals surface area contributed by atoms with Gasteiger partial charge < -0.3 is 14.7 Å². The molecule has 88 valence electrons. The van der Waals surface area contributed by atoms with Crippen LogP contribution in [-0.4, -0.2) is 47.2 Å². The molecule has 0 atom stereocenters. The van der Waals surface area contributed by atoms with Crippen LogP contribution < -0.4 is 0 Å². The van der Waals surface area contributed by atoms with E-state index in [1.165, 1.54) is 4.90 Å². The molecule has 0 saturated carbocycles. The fourth-order valence-electron chi connectivity index (χ4n) is 1.10. The number of carbonyl (C=O) groups is 2. The van der Waals surface area contributed by atoms with Crippen molar-refractivity contribution in [2.24, 2.45) is 0 Å². The molecular weight excluding hydrogens is 198 g/mol. The summed E-state index contributed by atoms with van der Waals surface area (Å²) >= 11 is 0. The minimum atomic E-state index is -1.02. The number of ether oxygens (including phenoxy) is 1. The zero-order valence-corrected chi connectivity index (χ0v) is 9.74. The number of aliphatic carboxylic acids is 1. The van der Waals surface area contributed by atoms with Gasteiger partial charge in [-0.05, 0) is 27.7 Å². The van der Waals surface area contributed by atoms with Crippen LogP contribution in [-0.2, 0) is 14.3 Å².